The van der Waals surface area contributed by atoms with Crippen LogP contribution in [0.1, 0.15) is 25.8 Å². The topological polar surface area (TPSA) is 162 Å². The highest BCUT2D eigenvalue weighted by Crippen LogP contribution is 2.21. The fourth-order valence-corrected chi connectivity index (χ4v) is 6.31. The molecule has 1 saturated heterocycles. The van der Waals surface area contributed by atoms with Crippen LogP contribution in [0.25, 0.3) is 0 Å². The van der Waals surface area contributed by atoms with Gasteiger partial charge in [-0.15, -0.1) is 0 Å². The number of carbonyl (C=O) groups excluding carboxylic acids is 2. The van der Waals surface area contributed by atoms with Crippen LogP contribution in [0.3, 0.4) is 0 Å². The van der Waals surface area contributed by atoms with Crippen LogP contribution < -0.4 is 10.6 Å². The van der Waals surface area contributed by atoms with Crippen LogP contribution in [0.4, 0.5) is 10.5 Å². The van der Waals surface area contributed by atoms with Crippen molar-refractivity contribution in [2.45, 2.75) is 49.8 Å². The van der Waals surface area contributed by atoms with Crippen LogP contribution in [0.15, 0.2) is 59.5 Å². The molecule has 1 heterocycles. The Labute approximate surface area is 271 Å². The lowest BCUT2D eigenvalue weighted by molar-refractivity contribution is -0.121. The number of hydrogen-bond donors (Lipinski definition) is 3. The lowest BCUT2D eigenvalue weighted by Gasteiger charge is -2.30. The van der Waals surface area contributed by atoms with E-state index in [2.05, 4.69) is 10.6 Å². The van der Waals surface area contributed by atoms with Gasteiger partial charge in [0.05, 0.1) is 56.7 Å². The molecule has 13 nitrogen and oxygen atoms in total. The van der Waals surface area contributed by atoms with E-state index in [9.17, 15) is 23.1 Å². The molecule has 14 heteroatoms. The normalized spacial score (nSPS) is 16.3. The molecule has 0 aliphatic carbocycles. The van der Waals surface area contributed by atoms with E-state index in [1.165, 1.54) is 28.6 Å². The molecule has 0 aromatic heterocycles. The van der Waals surface area contributed by atoms with Gasteiger partial charge in [0.2, 0.25) is 15.9 Å². The predicted octanol–water partition coefficient (Wildman–Crippen LogP) is 2.44. The molecular formula is C32H47N3O10S. The molecule has 256 valence electrons. The van der Waals surface area contributed by atoms with Gasteiger partial charge in [-0.1, -0.05) is 44.2 Å². The summed E-state index contributed by atoms with van der Waals surface area (Å²) in [5.74, 6) is -0.452. The standard InChI is InChI=1S/C32H47N3O10S/c1-24(2)20-35(21-30(36)29(19-25-7-5-4-6-8-25)34-32(38)45-27-13-14-43-22-27)46(39,40)28-11-9-26(10-12-28)33-31(37)23-44-18-17-42-16-15-41-3/h4-12,24,27,29-30,36H,13-23H2,1-3H3,(H,33,37)(H,34,38)/t27?,29-,30?/m0/s1. The summed E-state index contributed by atoms with van der Waals surface area (Å²) in [6.45, 7) is 5.72. The van der Waals surface area contributed by atoms with E-state index >= 15 is 0 Å². The summed E-state index contributed by atoms with van der Waals surface area (Å²) in [5.41, 5.74) is 1.26. The van der Waals surface area contributed by atoms with Crippen LogP contribution in [0.2, 0.25) is 0 Å². The van der Waals surface area contributed by atoms with E-state index in [0.29, 0.717) is 45.1 Å². The summed E-state index contributed by atoms with van der Waals surface area (Å²) in [7, 11) is -2.49. The van der Waals surface area contributed by atoms with Gasteiger partial charge in [-0.05, 0) is 42.2 Å². The van der Waals surface area contributed by atoms with E-state index in [0.717, 1.165) is 5.56 Å². The van der Waals surface area contributed by atoms with Crippen molar-refractivity contribution in [3.8, 4) is 0 Å². The fraction of sp³-hybridized carbons (Fsp3) is 0.562. The Hall–Kier alpha value is -3.11. The lowest BCUT2D eigenvalue weighted by atomic mass is 10.0. The minimum absolute atomic E-state index is 0.00369. The first-order valence-corrected chi connectivity index (χ1v) is 16.8. The van der Waals surface area contributed by atoms with Crippen LogP contribution >= 0.6 is 0 Å². The number of alkyl carbamates (subject to hydrolysis) is 1. The monoisotopic (exact) mass is 665 g/mol. The minimum atomic E-state index is -4.06. The maximum Gasteiger partial charge on any atom is 0.407 e. The van der Waals surface area contributed by atoms with E-state index in [4.69, 9.17) is 23.7 Å². The summed E-state index contributed by atoms with van der Waals surface area (Å²) in [4.78, 5) is 25.0. The number of sulfonamides is 1. The summed E-state index contributed by atoms with van der Waals surface area (Å²) < 4.78 is 55.0. The molecule has 1 aliphatic heterocycles. The molecule has 3 rings (SSSR count). The number of methoxy groups -OCH3 is 1. The highest BCUT2D eigenvalue weighted by Gasteiger charge is 2.32. The average Bonchev–Trinajstić information content (AvgIpc) is 3.53. The van der Waals surface area contributed by atoms with Crippen LogP contribution in [-0.2, 0) is 44.9 Å². The molecule has 1 fully saturated rings. The molecule has 0 bridgehead atoms. The average molecular weight is 666 g/mol. The van der Waals surface area contributed by atoms with Gasteiger partial charge in [0, 0.05) is 32.3 Å². The van der Waals surface area contributed by atoms with Crippen molar-refractivity contribution in [2.75, 3.05) is 71.8 Å². The third kappa shape index (κ3) is 12.9. The Bertz CT molecular complexity index is 1290. The molecular weight excluding hydrogens is 618 g/mol. The zero-order valence-corrected chi connectivity index (χ0v) is 27.6. The number of anilines is 1. The summed E-state index contributed by atoms with van der Waals surface area (Å²) in [5, 5.41) is 16.8. The van der Waals surface area contributed by atoms with E-state index in [1.54, 1.807) is 7.11 Å². The molecule has 2 amide bonds. The van der Waals surface area contributed by atoms with Crippen molar-refractivity contribution in [2.24, 2.45) is 5.92 Å². The number of rotatable bonds is 20. The van der Waals surface area contributed by atoms with Gasteiger partial charge >= 0.3 is 6.09 Å². The number of nitrogens with one attached hydrogen (secondary N) is 2. The smallest absolute Gasteiger partial charge is 0.407 e. The maximum absolute atomic E-state index is 13.8. The highest BCUT2D eigenvalue weighted by molar-refractivity contribution is 7.89. The summed E-state index contributed by atoms with van der Waals surface area (Å²) in [6.07, 6.45) is -1.50. The van der Waals surface area contributed by atoms with Gasteiger partial charge < -0.3 is 39.4 Å². The Kier molecular flexibility index (Phi) is 15.9. The van der Waals surface area contributed by atoms with Crippen molar-refractivity contribution < 1.29 is 46.8 Å². The quantitative estimate of drug-likeness (QED) is 0.179. The molecule has 3 atom stereocenters. The number of nitrogens with zero attached hydrogens (tertiary/aromatic N) is 1. The largest absolute Gasteiger partial charge is 0.444 e. The third-order valence-electron chi connectivity index (χ3n) is 7.00. The lowest BCUT2D eigenvalue weighted by Crippen LogP contribution is -2.51. The fourth-order valence-electron chi connectivity index (χ4n) is 4.69. The van der Waals surface area contributed by atoms with Crippen LogP contribution in [0, 0.1) is 5.92 Å². The first-order valence-electron chi connectivity index (χ1n) is 15.4. The first-order chi connectivity index (χ1) is 22.1. The van der Waals surface area contributed by atoms with Gasteiger partial charge in [-0.25, -0.2) is 13.2 Å². The molecule has 2 aromatic rings. The van der Waals surface area contributed by atoms with Crippen molar-refractivity contribution in [1.82, 2.24) is 9.62 Å². The number of benzene rings is 2. The molecule has 2 unspecified atom stereocenters. The predicted molar refractivity (Wildman–Crippen MR) is 171 cm³/mol. The zero-order valence-electron chi connectivity index (χ0n) is 26.8. The van der Waals surface area contributed by atoms with Gasteiger partial charge in [0.15, 0.2) is 0 Å². The second-order valence-electron chi connectivity index (χ2n) is 11.3. The number of amides is 2. The van der Waals surface area contributed by atoms with Crippen molar-refractivity contribution >= 4 is 27.7 Å². The Morgan fingerprint density at radius 2 is 1.70 bits per heavy atom. The molecule has 0 saturated carbocycles. The zero-order chi connectivity index (χ0) is 33.4. The number of aliphatic hydroxyl groups excluding tert-OH is 1. The number of aliphatic hydroxyl groups is 1. The number of hydrogen-bond acceptors (Lipinski definition) is 10. The van der Waals surface area contributed by atoms with Crippen LogP contribution in [0.5, 0.6) is 0 Å². The molecule has 46 heavy (non-hydrogen) atoms. The summed E-state index contributed by atoms with van der Waals surface area (Å²) in [6, 6.07) is 14.2. The first kappa shape index (κ1) is 37.3. The maximum atomic E-state index is 13.8. The Morgan fingerprint density at radius 1 is 1.00 bits per heavy atom. The minimum Gasteiger partial charge on any atom is -0.444 e. The highest BCUT2D eigenvalue weighted by atomic mass is 32.2. The SMILES string of the molecule is COCCOCCOCC(=O)Nc1ccc(S(=O)(=O)N(CC(C)C)CC(O)[C@H](Cc2ccccc2)NC(=O)OC2CCOC2)cc1. The Balaban J connectivity index is 1.65. The molecule has 0 spiro atoms. The van der Waals surface area contributed by atoms with E-state index < -0.39 is 34.2 Å². The molecule has 2 aromatic carbocycles. The van der Waals surface area contributed by atoms with Crippen LogP contribution in [-0.4, -0.2) is 115 Å². The Morgan fingerprint density at radius 3 is 2.35 bits per heavy atom. The van der Waals surface area contributed by atoms with Gasteiger partial charge in [-0.2, -0.15) is 4.31 Å². The van der Waals surface area contributed by atoms with Gasteiger partial charge in [0.1, 0.15) is 12.7 Å². The van der Waals surface area contributed by atoms with Gasteiger partial charge in [0.25, 0.3) is 0 Å². The molecule has 0 radical (unpaired) electrons. The van der Waals surface area contributed by atoms with Crippen molar-refractivity contribution in [3.63, 3.8) is 0 Å². The number of carbonyl (C=O) groups is 2. The molecule has 1 aliphatic rings. The third-order valence-corrected chi connectivity index (χ3v) is 8.85. The van der Waals surface area contributed by atoms with E-state index in [-0.39, 0.29) is 49.6 Å². The second-order valence-corrected chi connectivity index (χ2v) is 13.3. The molecule has 3 N–H and O–H groups in total. The second kappa shape index (κ2) is 19.5. The van der Waals surface area contributed by atoms with E-state index in [1.807, 2.05) is 44.2 Å². The number of ether oxygens (including phenoxy) is 5. The summed E-state index contributed by atoms with van der Waals surface area (Å²) >= 11 is 0. The van der Waals surface area contributed by atoms with Gasteiger partial charge in [-0.3, -0.25) is 4.79 Å². The van der Waals surface area contributed by atoms with Crippen molar-refractivity contribution in [1.29, 1.82) is 0 Å². The van der Waals surface area contributed by atoms with Crippen molar-refractivity contribution in [3.05, 3.63) is 60.2 Å².